The second kappa shape index (κ2) is 8.13. The predicted molar refractivity (Wildman–Crippen MR) is 109 cm³/mol. The highest BCUT2D eigenvalue weighted by Crippen LogP contribution is 2.22. The molecule has 0 radical (unpaired) electrons. The van der Waals surface area contributed by atoms with Crippen LogP contribution in [0.3, 0.4) is 0 Å². The Morgan fingerprint density at radius 3 is 2.71 bits per heavy atom. The van der Waals surface area contributed by atoms with Gasteiger partial charge >= 0.3 is 0 Å². The van der Waals surface area contributed by atoms with Crippen molar-refractivity contribution in [2.45, 2.75) is 11.4 Å². The van der Waals surface area contributed by atoms with Crippen molar-refractivity contribution in [2.24, 2.45) is 5.14 Å². The fourth-order valence-electron chi connectivity index (χ4n) is 3.09. The zero-order chi connectivity index (χ0) is 19.5. The molecular weight excluding hydrogens is 376 g/mol. The number of likely N-dealkylation sites (N-methyl/N-ethyl adjacent to an activating group) is 1. The lowest BCUT2D eigenvalue weighted by atomic mass is 10.2. The summed E-state index contributed by atoms with van der Waals surface area (Å²) in [6.07, 6.45) is 3.26. The van der Waals surface area contributed by atoms with Crippen LogP contribution in [0.15, 0.2) is 41.6 Å². The van der Waals surface area contributed by atoms with Crippen molar-refractivity contribution in [3.8, 4) is 0 Å². The highest BCUT2D eigenvalue weighted by atomic mass is 32.2. The second-order valence-electron chi connectivity index (χ2n) is 6.69. The zero-order valence-corrected chi connectivity index (χ0v) is 16.4. The van der Waals surface area contributed by atoms with E-state index in [1.807, 2.05) is 18.2 Å². The molecule has 146 valence electrons. The summed E-state index contributed by atoms with van der Waals surface area (Å²) in [6, 6.07) is 7.35. The maximum absolute atomic E-state index is 11.5. The van der Waals surface area contributed by atoms with Gasteiger partial charge in [-0.1, -0.05) is 12.1 Å². The number of hydrogen-bond acceptors (Lipinski definition) is 8. The first-order valence-corrected chi connectivity index (χ1v) is 10.2. The maximum Gasteiger partial charge on any atom is 0.229 e. The second-order valence-corrected chi connectivity index (χ2v) is 7.76. The Balaban J connectivity index is 1.62. The normalized spacial score (nSPS) is 16.3. The third-order valence-electron chi connectivity index (χ3n) is 4.70. The van der Waals surface area contributed by atoms with Gasteiger partial charge in [-0.3, -0.25) is 0 Å². The molecule has 0 saturated carbocycles. The largest absolute Gasteiger partial charge is 0.364 e. The van der Waals surface area contributed by atoms with E-state index < -0.39 is 11.0 Å². The van der Waals surface area contributed by atoms with Gasteiger partial charge in [0.25, 0.3) is 0 Å². The van der Waals surface area contributed by atoms with Gasteiger partial charge in [0, 0.05) is 45.1 Å². The van der Waals surface area contributed by atoms with E-state index >= 15 is 0 Å². The maximum atomic E-state index is 11.5. The molecule has 28 heavy (non-hydrogen) atoms. The summed E-state index contributed by atoms with van der Waals surface area (Å²) < 4.78 is 11.5. The van der Waals surface area contributed by atoms with Crippen molar-refractivity contribution < 1.29 is 4.21 Å². The summed E-state index contributed by atoms with van der Waals surface area (Å²) in [5.74, 6) is 1.28. The molecule has 1 saturated heterocycles. The van der Waals surface area contributed by atoms with Crippen LogP contribution in [0.25, 0.3) is 11.2 Å². The lowest BCUT2D eigenvalue weighted by molar-refractivity contribution is 0.311. The van der Waals surface area contributed by atoms with Gasteiger partial charge in [-0.15, -0.1) is 0 Å². The Morgan fingerprint density at radius 2 is 1.93 bits per heavy atom. The highest BCUT2D eigenvalue weighted by Gasteiger charge is 2.19. The van der Waals surface area contributed by atoms with Crippen molar-refractivity contribution in [3.05, 3.63) is 42.2 Å². The summed E-state index contributed by atoms with van der Waals surface area (Å²) in [5, 5.41) is 8.81. The molecule has 3 aromatic rings. The molecule has 3 heterocycles. The number of fused-ring (bicyclic) bond motifs is 1. The van der Waals surface area contributed by atoms with Crippen LogP contribution in [0.2, 0.25) is 0 Å². The van der Waals surface area contributed by atoms with Crippen LogP contribution in [0, 0.1) is 0 Å². The first-order chi connectivity index (χ1) is 13.6. The molecular formula is C18H22N8OS. The van der Waals surface area contributed by atoms with Crippen LogP contribution < -0.4 is 15.4 Å². The van der Waals surface area contributed by atoms with Gasteiger partial charge in [0.2, 0.25) is 5.95 Å². The van der Waals surface area contributed by atoms with E-state index in [1.54, 1.807) is 18.5 Å². The average molecular weight is 398 g/mol. The number of anilines is 2. The first kappa shape index (κ1) is 18.7. The van der Waals surface area contributed by atoms with E-state index in [1.165, 1.54) is 0 Å². The number of rotatable bonds is 5. The summed E-state index contributed by atoms with van der Waals surface area (Å²) in [4.78, 5) is 23.1. The quantitative estimate of drug-likeness (QED) is 0.648. The standard InChI is InChI=1S/C18H22N8OS/c1-25-7-9-26(10-8-25)18-23-16-15(20-5-6-21-16)17(24-18)22-12-13-3-2-4-14(11-13)28(19)27/h2-6,11H,7-10,12,19H2,1H3,(H,21,22,23,24). The van der Waals surface area contributed by atoms with Gasteiger partial charge in [0.1, 0.15) is 11.0 Å². The molecule has 0 spiro atoms. The van der Waals surface area contributed by atoms with Gasteiger partial charge < -0.3 is 15.1 Å². The Kier molecular flexibility index (Phi) is 5.42. The first-order valence-electron chi connectivity index (χ1n) is 9.01. The number of nitrogens with one attached hydrogen (secondary N) is 1. The number of hydrogen-bond donors (Lipinski definition) is 2. The number of nitrogens with two attached hydrogens (primary N) is 1. The Morgan fingerprint density at radius 1 is 1.14 bits per heavy atom. The molecule has 1 unspecified atom stereocenters. The zero-order valence-electron chi connectivity index (χ0n) is 15.6. The molecule has 9 nitrogen and oxygen atoms in total. The van der Waals surface area contributed by atoms with Crippen molar-refractivity contribution in [3.63, 3.8) is 0 Å². The minimum absolute atomic E-state index is 0.496. The van der Waals surface area contributed by atoms with Crippen molar-refractivity contribution in [1.29, 1.82) is 0 Å². The fraction of sp³-hybridized carbons (Fsp3) is 0.333. The lowest BCUT2D eigenvalue weighted by Gasteiger charge is -2.32. The van der Waals surface area contributed by atoms with Crippen LogP contribution >= 0.6 is 0 Å². The lowest BCUT2D eigenvalue weighted by Crippen LogP contribution is -2.45. The number of piperazine rings is 1. The van der Waals surface area contributed by atoms with Gasteiger partial charge in [-0.2, -0.15) is 9.97 Å². The van der Waals surface area contributed by atoms with E-state index in [-0.39, 0.29) is 0 Å². The molecule has 4 rings (SSSR count). The number of aromatic nitrogens is 4. The van der Waals surface area contributed by atoms with E-state index in [2.05, 4.69) is 37.1 Å². The monoisotopic (exact) mass is 398 g/mol. The smallest absolute Gasteiger partial charge is 0.229 e. The molecule has 1 fully saturated rings. The van der Waals surface area contributed by atoms with Gasteiger partial charge in [-0.25, -0.2) is 19.3 Å². The molecule has 1 aliphatic heterocycles. The van der Waals surface area contributed by atoms with Crippen LogP contribution in [0.5, 0.6) is 0 Å². The molecule has 1 aliphatic rings. The molecule has 1 atom stereocenters. The number of benzene rings is 1. The van der Waals surface area contributed by atoms with E-state index in [0.717, 1.165) is 31.7 Å². The predicted octanol–water partition coefficient (Wildman–Crippen LogP) is 0.765. The molecule has 1 aromatic carbocycles. The minimum atomic E-state index is -1.51. The Labute approximate surface area is 165 Å². The van der Waals surface area contributed by atoms with Crippen molar-refractivity contribution in [2.75, 3.05) is 43.4 Å². The van der Waals surface area contributed by atoms with Crippen LogP contribution in [0.4, 0.5) is 11.8 Å². The Bertz CT molecular complexity index is 1010. The topological polar surface area (TPSA) is 113 Å². The van der Waals surface area contributed by atoms with Gasteiger partial charge in [-0.05, 0) is 24.7 Å². The fourth-order valence-corrected chi connectivity index (χ4v) is 3.57. The summed E-state index contributed by atoms with van der Waals surface area (Å²) >= 11 is 0. The molecule has 0 amide bonds. The van der Waals surface area contributed by atoms with Gasteiger partial charge in [0.15, 0.2) is 17.0 Å². The van der Waals surface area contributed by atoms with Crippen molar-refractivity contribution in [1.82, 2.24) is 24.8 Å². The summed E-state index contributed by atoms with van der Waals surface area (Å²) in [6.45, 7) is 4.16. The third-order valence-corrected chi connectivity index (χ3v) is 5.42. The minimum Gasteiger partial charge on any atom is -0.364 e. The van der Waals surface area contributed by atoms with Crippen LogP contribution in [0.1, 0.15) is 5.56 Å². The van der Waals surface area contributed by atoms with Crippen molar-refractivity contribution >= 4 is 33.9 Å². The highest BCUT2D eigenvalue weighted by molar-refractivity contribution is 7.82. The molecule has 2 aromatic heterocycles. The van der Waals surface area contributed by atoms with E-state index in [0.29, 0.717) is 34.4 Å². The van der Waals surface area contributed by atoms with E-state index in [9.17, 15) is 4.21 Å². The SMILES string of the molecule is CN1CCN(c2nc(NCc3cccc(S(N)=O)c3)c3nccnc3n2)CC1. The van der Waals surface area contributed by atoms with Crippen LogP contribution in [-0.2, 0) is 17.5 Å². The van der Waals surface area contributed by atoms with E-state index in [4.69, 9.17) is 10.1 Å². The summed E-state index contributed by atoms with van der Waals surface area (Å²) in [5.41, 5.74) is 2.14. The Hall–Kier alpha value is -2.69. The molecule has 0 aliphatic carbocycles. The van der Waals surface area contributed by atoms with Gasteiger partial charge in [0.05, 0.1) is 4.90 Å². The molecule has 0 bridgehead atoms. The third kappa shape index (κ3) is 4.08. The van der Waals surface area contributed by atoms with Crippen LogP contribution in [-0.4, -0.2) is 62.3 Å². The average Bonchev–Trinajstić information content (AvgIpc) is 2.72. The molecule has 10 heteroatoms. The number of nitrogens with zero attached hydrogens (tertiary/aromatic N) is 6. The summed E-state index contributed by atoms with van der Waals surface area (Å²) in [7, 11) is 0.605. The molecule has 3 N–H and O–H groups in total.